The number of rotatable bonds is 2. The van der Waals surface area contributed by atoms with Gasteiger partial charge in [0.15, 0.2) is 0 Å². The fourth-order valence-corrected chi connectivity index (χ4v) is 7.81. The molecule has 0 amide bonds. The van der Waals surface area contributed by atoms with E-state index in [1.807, 2.05) is 12.1 Å². The first-order valence-electron chi connectivity index (χ1n) is 15.9. The molecule has 0 atom stereocenters. The minimum Gasteiger partial charge on any atom is -0.309 e. The summed E-state index contributed by atoms with van der Waals surface area (Å²) in [6.45, 7) is 0. The predicted octanol–water partition coefficient (Wildman–Crippen LogP) is 10.4. The zero-order chi connectivity index (χ0) is 30.6. The minimum absolute atomic E-state index is 0.828. The summed E-state index contributed by atoms with van der Waals surface area (Å²) < 4.78 is 6.94. The molecule has 0 fully saturated rings. The Morgan fingerprint density at radius 2 is 1.00 bits per heavy atom. The lowest BCUT2D eigenvalue weighted by Gasteiger charge is -2.13. The van der Waals surface area contributed by atoms with E-state index in [4.69, 9.17) is 9.97 Å². The number of aromatic nitrogens is 5. The van der Waals surface area contributed by atoms with Gasteiger partial charge in [-0.15, -0.1) is 0 Å². The molecule has 4 aromatic heterocycles. The van der Waals surface area contributed by atoms with Gasteiger partial charge in [-0.3, -0.25) is 8.97 Å². The Kier molecular flexibility index (Phi) is 4.78. The number of fused-ring (bicyclic) bond motifs is 13. The topological polar surface area (TPSA) is 40.0 Å². The highest BCUT2D eigenvalue weighted by Crippen LogP contribution is 2.39. The van der Waals surface area contributed by atoms with Crippen LogP contribution in [0, 0.1) is 0 Å². The number of hydrogen-bond acceptors (Lipinski definition) is 2. The highest BCUT2D eigenvalue weighted by atomic mass is 15.2. The highest BCUT2D eigenvalue weighted by molar-refractivity contribution is 6.21. The first-order valence-corrected chi connectivity index (χ1v) is 15.9. The van der Waals surface area contributed by atoms with Gasteiger partial charge in [0.25, 0.3) is 0 Å². The Hall–Kier alpha value is -6.46. The monoisotopic (exact) mass is 599 g/mol. The molecule has 7 aromatic carbocycles. The molecule has 0 aliphatic carbocycles. The lowest BCUT2D eigenvalue weighted by molar-refractivity contribution is 0.979. The Balaban J connectivity index is 1.26. The van der Waals surface area contributed by atoms with E-state index >= 15 is 0 Å². The van der Waals surface area contributed by atoms with E-state index in [-0.39, 0.29) is 0 Å². The molecule has 218 valence electrons. The van der Waals surface area contributed by atoms with Crippen molar-refractivity contribution in [1.82, 2.24) is 23.5 Å². The van der Waals surface area contributed by atoms with Gasteiger partial charge in [0.2, 0.25) is 5.95 Å². The van der Waals surface area contributed by atoms with Gasteiger partial charge in [-0.2, -0.15) is 0 Å². The molecular weight excluding hydrogens is 574 g/mol. The van der Waals surface area contributed by atoms with Gasteiger partial charge < -0.3 is 4.57 Å². The van der Waals surface area contributed by atoms with Crippen LogP contribution in [0.2, 0.25) is 0 Å². The smallest absolute Gasteiger partial charge is 0.221 e. The quantitative estimate of drug-likeness (QED) is 0.198. The van der Waals surface area contributed by atoms with Gasteiger partial charge in [-0.1, -0.05) is 91.0 Å². The second-order valence-electron chi connectivity index (χ2n) is 12.3. The summed E-state index contributed by atoms with van der Waals surface area (Å²) in [4.78, 5) is 10.4. The van der Waals surface area contributed by atoms with Gasteiger partial charge in [0.1, 0.15) is 5.65 Å². The van der Waals surface area contributed by atoms with Crippen LogP contribution in [-0.2, 0) is 0 Å². The second kappa shape index (κ2) is 9.05. The van der Waals surface area contributed by atoms with Gasteiger partial charge in [-0.05, 0) is 71.4 Å². The highest BCUT2D eigenvalue weighted by Gasteiger charge is 2.21. The average Bonchev–Trinajstić information content (AvgIpc) is 3.79. The molecule has 11 aromatic rings. The van der Waals surface area contributed by atoms with Crippen LogP contribution in [0.4, 0.5) is 0 Å². The van der Waals surface area contributed by atoms with Crippen molar-refractivity contribution in [3.8, 4) is 11.6 Å². The van der Waals surface area contributed by atoms with E-state index in [0.29, 0.717) is 0 Å². The fourth-order valence-electron chi connectivity index (χ4n) is 7.81. The Morgan fingerprint density at radius 3 is 1.85 bits per heavy atom. The van der Waals surface area contributed by atoms with Crippen molar-refractivity contribution in [3.05, 3.63) is 152 Å². The van der Waals surface area contributed by atoms with Crippen LogP contribution in [0.25, 0.3) is 93.6 Å². The predicted molar refractivity (Wildman–Crippen MR) is 194 cm³/mol. The third kappa shape index (κ3) is 3.27. The maximum atomic E-state index is 5.33. The van der Waals surface area contributed by atoms with Crippen molar-refractivity contribution in [3.63, 3.8) is 0 Å². The summed E-state index contributed by atoms with van der Waals surface area (Å²) in [6, 6.07) is 54.1. The van der Waals surface area contributed by atoms with E-state index in [9.17, 15) is 0 Å². The second-order valence-corrected chi connectivity index (χ2v) is 12.3. The zero-order valence-corrected chi connectivity index (χ0v) is 25.2. The van der Waals surface area contributed by atoms with Crippen molar-refractivity contribution >= 4 is 82.0 Å². The van der Waals surface area contributed by atoms with Gasteiger partial charge >= 0.3 is 0 Å². The Bertz CT molecular complexity index is 3080. The van der Waals surface area contributed by atoms with Crippen LogP contribution >= 0.6 is 0 Å². The van der Waals surface area contributed by atoms with Crippen LogP contribution in [0.5, 0.6) is 0 Å². The Labute approximate surface area is 268 Å². The van der Waals surface area contributed by atoms with Crippen LogP contribution in [-0.4, -0.2) is 23.5 Å². The van der Waals surface area contributed by atoms with Gasteiger partial charge in [0, 0.05) is 32.6 Å². The lowest BCUT2D eigenvalue weighted by atomic mass is 10.0. The third-order valence-electron chi connectivity index (χ3n) is 9.80. The molecule has 0 saturated heterocycles. The molecule has 0 spiro atoms. The van der Waals surface area contributed by atoms with Crippen LogP contribution < -0.4 is 0 Å². The van der Waals surface area contributed by atoms with E-state index in [2.05, 4.69) is 153 Å². The summed E-state index contributed by atoms with van der Waals surface area (Å²) in [7, 11) is 0. The number of hydrogen-bond donors (Lipinski definition) is 0. The van der Waals surface area contributed by atoms with E-state index in [1.165, 1.54) is 43.4 Å². The maximum absolute atomic E-state index is 5.33. The van der Waals surface area contributed by atoms with Crippen molar-refractivity contribution in [1.29, 1.82) is 0 Å². The molecule has 47 heavy (non-hydrogen) atoms. The van der Waals surface area contributed by atoms with Crippen LogP contribution in [0.3, 0.4) is 0 Å². The molecule has 11 rings (SSSR count). The maximum Gasteiger partial charge on any atom is 0.221 e. The Morgan fingerprint density at radius 1 is 0.383 bits per heavy atom. The molecule has 0 aliphatic heterocycles. The molecule has 0 unspecified atom stereocenters. The van der Waals surface area contributed by atoms with Crippen molar-refractivity contribution in [2.75, 3.05) is 0 Å². The summed E-state index contributed by atoms with van der Waals surface area (Å²) >= 11 is 0. The molecule has 0 saturated carbocycles. The van der Waals surface area contributed by atoms with E-state index in [0.717, 1.165) is 50.3 Å². The van der Waals surface area contributed by atoms with E-state index < -0.39 is 0 Å². The number of para-hydroxylation sites is 5. The first kappa shape index (κ1) is 24.8. The molecule has 0 N–H and O–H groups in total. The number of benzene rings is 7. The normalized spacial score (nSPS) is 12.3. The number of imidazole rings is 1. The van der Waals surface area contributed by atoms with E-state index in [1.54, 1.807) is 0 Å². The molecule has 0 radical (unpaired) electrons. The zero-order valence-electron chi connectivity index (χ0n) is 25.2. The molecule has 5 nitrogen and oxygen atoms in total. The third-order valence-corrected chi connectivity index (χ3v) is 9.80. The summed E-state index contributed by atoms with van der Waals surface area (Å²) in [5.74, 6) is 0.828. The molecule has 4 heterocycles. The van der Waals surface area contributed by atoms with Crippen LogP contribution in [0.15, 0.2) is 152 Å². The van der Waals surface area contributed by atoms with Crippen LogP contribution in [0.1, 0.15) is 0 Å². The largest absolute Gasteiger partial charge is 0.309 e. The molecule has 5 heteroatoms. The van der Waals surface area contributed by atoms with Crippen molar-refractivity contribution in [2.24, 2.45) is 0 Å². The van der Waals surface area contributed by atoms with Crippen molar-refractivity contribution in [2.45, 2.75) is 0 Å². The fraction of sp³-hybridized carbons (Fsp3) is 0. The average molecular weight is 600 g/mol. The summed E-state index contributed by atoms with van der Waals surface area (Å²) in [5, 5.41) is 8.47. The standard InChI is InChI=1S/C42H25N5/c1-2-12-28-26(11-1)21-23-39-40(28)31-15-5-9-19-36(31)45(39)27-22-24-37-32(25-27)29-13-4-8-18-35(29)46(37)42-44-33-16-6-3-14-30(33)41-43-34-17-7-10-20-38(34)47(41)42/h1-25H. The summed E-state index contributed by atoms with van der Waals surface area (Å²) in [6.07, 6.45) is 0. The van der Waals surface area contributed by atoms with Gasteiger partial charge in [-0.25, -0.2) is 9.97 Å². The summed E-state index contributed by atoms with van der Waals surface area (Å²) in [5.41, 5.74) is 9.56. The molecule has 0 bridgehead atoms. The lowest BCUT2D eigenvalue weighted by Crippen LogP contribution is -2.06. The molecular formula is C42H25N5. The van der Waals surface area contributed by atoms with Gasteiger partial charge in [0.05, 0.1) is 38.6 Å². The molecule has 0 aliphatic rings. The SMILES string of the molecule is c1ccc2c(c1)ccc1c2c2ccccc2n1-c1ccc2c(c1)c1ccccc1n2-c1nc2ccccc2c2nc3ccccc3n12. The number of nitrogens with zero attached hydrogens (tertiary/aromatic N) is 5. The minimum atomic E-state index is 0.828. The van der Waals surface area contributed by atoms with Crippen molar-refractivity contribution < 1.29 is 0 Å². The first-order chi connectivity index (χ1) is 23.3.